The Bertz CT molecular complexity index is 400. The maximum atomic E-state index is 11.5. The van der Waals surface area contributed by atoms with Crippen LogP contribution in [-0.2, 0) is 9.53 Å². The van der Waals surface area contributed by atoms with Crippen LogP contribution in [0.5, 0.6) is 0 Å². The zero-order chi connectivity index (χ0) is 14.8. The molecule has 0 aromatic heterocycles. The number of carbonyl (C=O) groups is 1. The summed E-state index contributed by atoms with van der Waals surface area (Å²) < 4.78 is 4.78. The van der Waals surface area contributed by atoms with Crippen molar-refractivity contribution in [2.24, 2.45) is 0 Å². The highest BCUT2D eigenvalue weighted by atomic mass is 35.5. The molecule has 0 radical (unpaired) electrons. The monoisotopic (exact) mass is 317 g/mol. The van der Waals surface area contributed by atoms with Gasteiger partial charge in [-0.3, -0.25) is 4.79 Å². The van der Waals surface area contributed by atoms with Gasteiger partial charge in [-0.1, -0.05) is 11.6 Å². The number of carbonyl (C=O) groups excluding carboxylic acids is 1. The highest BCUT2D eigenvalue weighted by Gasteiger charge is 2.06. The van der Waals surface area contributed by atoms with Crippen molar-refractivity contribution < 1.29 is 14.6 Å². The van der Waals surface area contributed by atoms with Crippen LogP contribution >= 0.6 is 23.4 Å². The Labute approximate surface area is 128 Å². The Hall–Kier alpha value is -0.750. The maximum Gasteiger partial charge on any atom is 0.220 e. The SMILES string of the molecule is COCC(O)CNC(=O)CCCSc1ccc(Cl)cc1. The van der Waals surface area contributed by atoms with E-state index in [4.69, 9.17) is 16.3 Å². The van der Waals surface area contributed by atoms with Crippen LogP contribution in [0.1, 0.15) is 12.8 Å². The lowest BCUT2D eigenvalue weighted by Gasteiger charge is -2.10. The van der Waals surface area contributed by atoms with Gasteiger partial charge in [0.05, 0.1) is 12.7 Å². The summed E-state index contributed by atoms with van der Waals surface area (Å²) in [6.07, 6.45) is 0.604. The minimum atomic E-state index is -0.646. The largest absolute Gasteiger partial charge is 0.389 e. The summed E-state index contributed by atoms with van der Waals surface area (Å²) in [7, 11) is 1.51. The zero-order valence-electron chi connectivity index (χ0n) is 11.5. The minimum Gasteiger partial charge on any atom is -0.389 e. The molecule has 1 aromatic carbocycles. The first-order valence-electron chi connectivity index (χ1n) is 6.44. The van der Waals surface area contributed by atoms with Crippen LogP contribution in [-0.4, -0.2) is 43.1 Å². The second kappa shape index (κ2) is 10.0. The molecule has 112 valence electrons. The molecule has 0 aliphatic rings. The van der Waals surface area contributed by atoms with Gasteiger partial charge in [0.15, 0.2) is 0 Å². The fraction of sp³-hybridized carbons (Fsp3) is 0.500. The number of aliphatic hydroxyl groups is 1. The van der Waals surface area contributed by atoms with E-state index < -0.39 is 6.10 Å². The molecule has 6 heteroatoms. The van der Waals surface area contributed by atoms with Gasteiger partial charge >= 0.3 is 0 Å². The Kier molecular flexibility index (Phi) is 8.69. The molecule has 0 saturated heterocycles. The van der Waals surface area contributed by atoms with Crippen LogP contribution in [0, 0.1) is 0 Å². The molecule has 0 aliphatic carbocycles. The quantitative estimate of drug-likeness (QED) is 0.542. The predicted molar refractivity (Wildman–Crippen MR) is 82.3 cm³/mol. The summed E-state index contributed by atoms with van der Waals surface area (Å²) in [6.45, 7) is 0.462. The number of thioether (sulfide) groups is 1. The zero-order valence-corrected chi connectivity index (χ0v) is 13.0. The molecule has 0 fully saturated rings. The average Bonchev–Trinajstić information content (AvgIpc) is 2.43. The summed E-state index contributed by atoms with van der Waals surface area (Å²) in [5, 5.41) is 12.8. The van der Waals surface area contributed by atoms with Gasteiger partial charge < -0.3 is 15.2 Å². The third kappa shape index (κ3) is 7.75. The van der Waals surface area contributed by atoms with Crippen molar-refractivity contribution in [2.75, 3.05) is 26.0 Å². The Morgan fingerprint density at radius 1 is 1.45 bits per heavy atom. The Balaban J connectivity index is 2.08. The van der Waals surface area contributed by atoms with Gasteiger partial charge in [0.25, 0.3) is 0 Å². The van der Waals surface area contributed by atoms with Crippen molar-refractivity contribution in [1.82, 2.24) is 5.32 Å². The van der Waals surface area contributed by atoms with Crippen molar-refractivity contribution in [1.29, 1.82) is 0 Å². The van der Waals surface area contributed by atoms with Gasteiger partial charge in [-0.2, -0.15) is 0 Å². The standard InChI is InChI=1S/C14H20ClNO3S/c1-19-10-12(17)9-16-14(18)3-2-8-20-13-6-4-11(15)5-7-13/h4-7,12,17H,2-3,8-10H2,1H3,(H,16,18). The molecule has 0 saturated carbocycles. The number of benzene rings is 1. The minimum absolute atomic E-state index is 0.0446. The molecule has 1 amide bonds. The maximum absolute atomic E-state index is 11.5. The van der Waals surface area contributed by atoms with E-state index in [0.717, 1.165) is 22.1 Å². The van der Waals surface area contributed by atoms with Crippen molar-refractivity contribution in [3.63, 3.8) is 0 Å². The molecule has 1 atom stereocenters. The van der Waals surface area contributed by atoms with Crippen molar-refractivity contribution in [2.45, 2.75) is 23.8 Å². The topological polar surface area (TPSA) is 58.6 Å². The molecule has 1 unspecified atom stereocenters. The third-order valence-electron chi connectivity index (χ3n) is 2.52. The normalized spacial score (nSPS) is 12.2. The lowest BCUT2D eigenvalue weighted by Crippen LogP contribution is -2.34. The van der Waals surface area contributed by atoms with E-state index in [-0.39, 0.29) is 19.1 Å². The second-order valence-electron chi connectivity index (χ2n) is 4.32. The average molecular weight is 318 g/mol. The summed E-state index contributed by atoms with van der Waals surface area (Å²) in [4.78, 5) is 12.7. The number of ether oxygens (including phenoxy) is 1. The molecule has 20 heavy (non-hydrogen) atoms. The molecule has 2 N–H and O–H groups in total. The molecular formula is C14H20ClNO3S. The Morgan fingerprint density at radius 3 is 2.80 bits per heavy atom. The number of methoxy groups -OCH3 is 1. The van der Waals surface area contributed by atoms with E-state index in [1.54, 1.807) is 11.8 Å². The third-order valence-corrected chi connectivity index (χ3v) is 3.87. The molecule has 1 rings (SSSR count). The lowest BCUT2D eigenvalue weighted by molar-refractivity contribution is -0.121. The fourth-order valence-electron chi connectivity index (χ4n) is 1.52. The van der Waals surface area contributed by atoms with E-state index in [0.29, 0.717) is 6.42 Å². The molecule has 1 aromatic rings. The van der Waals surface area contributed by atoms with E-state index >= 15 is 0 Å². The van der Waals surface area contributed by atoms with Gasteiger partial charge in [-0.05, 0) is 36.4 Å². The Morgan fingerprint density at radius 2 is 2.15 bits per heavy atom. The van der Waals surface area contributed by atoms with Gasteiger partial charge in [0.1, 0.15) is 0 Å². The van der Waals surface area contributed by atoms with E-state index in [1.807, 2.05) is 24.3 Å². The highest BCUT2D eigenvalue weighted by molar-refractivity contribution is 7.99. The van der Waals surface area contributed by atoms with Crippen LogP contribution in [0.3, 0.4) is 0 Å². The number of rotatable bonds is 9. The summed E-state index contributed by atoms with van der Waals surface area (Å²) in [5.74, 6) is 0.826. The first-order chi connectivity index (χ1) is 9.61. The first-order valence-corrected chi connectivity index (χ1v) is 7.80. The number of hydrogen-bond acceptors (Lipinski definition) is 4. The number of aliphatic hydroxyl groups excluding tert-OH is 1. The number of halogens is 1. The predicted octanol–water partition coefficient (Wildman–Crippen LogP) is 2.34. The summed E-state index contributed by atoms with van der Waals surface area (Å²) >= 11 is 7.50. The van der Waals surface area contributed by atoms with E-state index in [1.165, 1.54) is 7.11 Å². The summed E-state index contributed by atoms with van der Waals surface area (Å²) in [5.41, 5.74) is 0. The van der Waals surface area contributed by atoms with Gasteiger partial charge in [0.2, 0.25) is 5.91 Å². The molecule has 0 bridgehead atoms. The highest BCUT2D eigenvalue weighted by Crippen LogP contribution is 2.21. The van der Waals surface area contributed by atoms with Gasteiger partial charge in [-0.15, -0.1) is 11.8 Å². The molecule has 0 aliphatic heterocycles. The van der Waals surface area contributed by atoms with Crippen LogP contribution in [0.2, 0.25) is 5.02 Å². The molecule has 0 spiro atoms. The van der Waals surface area contributed by atoms with Crippen LogP contribution in [0.25, 0.3) is 0 Å². The smallest absolute Gasteiger partial charge is 0.220 e. The van der Waals surface area contributed by atoms with E-state index in [2.05, 4.69) is 5.32 Å². The fourth-order valence-corrected chi connectivity index (χ4v) is 2.50. The number of amides is 1. The van der Waals surface area contributed by atoms with Crippen molar-refractivity contribution in [3.8, 4) is 0 Å². The van der Waals surface area contributed by atoms with Crippen molar-refractivity contribution in [3.05, 3.63) is 29.3 Å². The summed E-state index contributed by atoms with van der Waals surface area (Å²) in [6, 6.07) is 7.64. The molecule has 4 nitrogen and oxygen atoms in total. The number of nitrogens with one attached hydrogen (secondary N) is 1. The van der Waals surface area contributed by atoms with Crippen LogP contribution < -0.4 is 5.32 Å². The van der Waals surface area contributed by atoms with Gasteiger partial charge in [0, 0.05) is 30.0 Å². The van der Waals surface area contributed by atoms with Crippen LogP contribution in [0.4, 0.5) is 0 Å². The molecule has 0 heterocycles. The van der Waals surface area contributed by atoms with Crippen LogP contribution in [0.15, 0.2) is 29.2 Å². The lowest BCUT2D eigenvalue weighted by atomic mass is 10.3. The number of hydrogen-bond donors (Lipinski definition) is 2. The second-order valence-corrected chi connectivity index (χ2v) is 5.92. The van der Waals surface area contributed by atoms with Crippen molar-refractivity contribution >= 4 is 29.3 Å². The van der Waals surface area contributed by atoms with E-state index in [9.17, 15) is 9.90 Å². The van der Waals surface area contributed by atoms with Gasteiger partial charge in [-0.25, -0.2) is 0 Å². The molecular weight excluding hydrogens is 298 g/mol. The first kappa shape index (κ1) is 17.3.